The second-order valence-corrected chi connectivity index (χ2v) is 11.5. The number of carbonyl (C=O) groups excluding carboxylic acids is 1. The molecule has 4 heteroatoms. The van der Waals surface area contributed by atoms with Crippen molar-refractivity contribution in [1.29, 1.82) is 0 Å². The minimum atomic E-state index is -0.148. The summed E-state index contributed by atoms with van der Waals surface area (Å²) in [6, 6.07) is 31.4. The van der Waals surface area contributed by atoms with Crippen LogP contribution in [0.15, 0.2) is 106 Å². The minimum Gasteiger partial charge on any atom is -0.302 e. The van der Waals surface area contributed by atoms with Gasteiger partial charge in [-0.15, -0.1) is 35.3 Å². The summed E-state index contributed by atoms with van der Waals surface area (Å²) in [6.45, 7) is 4.48. The van der Waals surface area contributed by atoms with Gasteiger partial charge in [-0.3, -0.25) is 0 Å². The van der Waals surface area contributed by atoms with Gasteiger partial charge in [0.1, 0.15) is 6.29 Å². The number of hydrogen-bond donors (Lipinski definition) is 0. The third-order valence-corrected chi connectivity index (χ3v) is 9.70. The lowest BCUT2D eigenvalue weighted by molar-refractivity contribution is -0.108. The third kappa shape index (κ3) is 6.19. The molecule has 156 valence electrons. The van der Waals surface area contributed by atoms with E-state index >= 15 is 0 Å². The zero-order valence-corrected chi connectivity index (χ0v) is 19.9. The summed E-state index contributed by atoms with van der Waals surface area (Å²) in [6.07, 6.45) is 3.22. The van der Waals surface area contributed by atoms with Gasteiger partial charge in [0.15, 0.2) is 0 Å². The van der Waals surface area contributed by atoms with Crippen LogP contribution in [0.4, 0.5) is 0 Å². The normalized spacial score (nSPS) is 13.5. The molecule has 1 nitrogen and oxygen atoms in total. The first-order chi connectivity index (χ1) is 14.7. The highest BCUT2D eigenvalue weighted by Crippen LogP contribution is 2.55. The lowest BCUT2D eigenvalue weighted by Crippen LogP contribution is -2.36. The van der Waals surface area contributed by atoms with E-state index in [0.29, 0.717) is 0 Å². The van der Waals surface area contributed by atoms with Crippen molar-refractivity contribution >= 4 is 41.6 Å². The Hall–Kier alpha value is -1.62. The predicted octanol–water partition coefficient (Wildman–Crippen LogP) is 8.06. The molecule has 3 aromatic carbocycles. The molecule has 3 aromatic rings. The maximum atomic E-state index is 12.3. The quantitative estimate of drug-likeness (QED) is 0.166. The van der Waals surface area contributed by atoms with Gasteiger partial charge in [-0.25, -0.2) is 0 Å². The number of carbonyl (C=O) groups is 1. The summed E-state index contributed by atoms with van der Waals surface area (Å²) in [5, 5.41) is -0.119. The molecule has 3 rings (SSSR count). The average molecular weight is 453 g/mol. The Kier molecular flexibility index (Phi) is 8.98. The SMILES string of the molecule is CCCC(Sc1ccccc1)(Sc1ccccc1)[C@@H](C)[C@@H](C=O)Sc1ccccc1. The van der Waals surface area contributed by atoms with Crippen LogP contribution in [0.5, 0.6) is 0 Å². The van der Waals surface area contributed by atoms with Crippen molar-refractivity contribution in [3.8, 4) is 0 Å². The van der Waals surface area contributed by atoms with Crippen LogP contribution in [-0.2, 0) is 4.79 Å². The summed E-state index contributed by atoms with van der Waals surface area (Å²) >= 11 is 5.49. The Labute approximate surface area is 193 Å². The fourth-order valence-corrected chi connectivity index (χ4v) is 8.11. The first kappa shape index (κ1) is 23.1. The van der Waals surface area contributed by atoms with Crippen LogP contribution in [0.3, 0.4) is 0 Å². The van der Waals surface area contributed by atoms with Crippen molar-refractivity contribution in [1.82, 2.24) is 0 Å². The maximum Gasteiger partial charge on any atom is 0.133 e. The highest BCUT2D eigenvalue weighted by Gasteiger charge is 2.42. The van der Waals surface area contributed by atoms with Crippen LogP contribution in [-0.4, -0.2) is 15.6 Å². The number of rotatable bonds is 11. The Balaban J connectivity index is 1.97. The number of benzene rings is 3. The monoisotopic (exact) mass is 452 g/mol. The van der Waals surface area contributed by atoms with Gasteiger partial charge in [-0.1, -0.05) is 74.9 Å². The Morgan fingerprint density at radius 2 is 1.20 bits per heavy atom. The largest absolute Gasteiger partial charge is 0.302 e. The van der Waals surface area contributed by atoms with Gasteiger partial charge >= 0.3 is 0 Å². The molecule has 30 heavy (non-hydrogen) atoms. The molecule has 2 atom stereocenters. The van der Waals surface area contributed by atoms with E-state index in [1.54, 1.807) is 11.8 Å². The van der Waals surface area contributed by atoms with E-state index in [4.69, 9.17) is 0 Å². The smallest absolute Gasteiger partial charge is 0.133 e. The molecule has 0 fully saturated rings. The Morgan fingerprint density at radius 1 is 0.767 bits per heavy atom. The van der Waals surface area contributed by atoms with Gasteiger partial charge in [0.05, 0.1) is 9.33 Å². The topological polar surface area (TPSA) is 17.1 Å². The maximum absolute atomic E-state index is 12.3. The lowest BCUT2D eigenvalue weighted by Gasteiger charge is -2.40. The Morgan fingerprint density at radius 3 is 1.60 bits per heavy atom. The third-order valence-electron chi connectivity index (χ3n) is 5.00. The van der Waals surface area contributed by atoms with E-state index in [-0.39, 0.29) is 15.2 Å². The molecule has 0 radical (unpaired) electrons. The van der Waals surface area contributed by atoms with Crippen LogP contribution in [0, 0.1) is 5.92 Å². The molecular weight excluding hydrogens is 424 g/mol. The van der Waals surface area contributed by atoms with Crippen molar-refractivity contribution in [3.63, 3.8) is 0 Å². The lowest BCUT2D eigenvalue weighted by atomic mass is 9.99. The molecule has 0 N–H and O–H groups in total. The highest BCUT2D eigenvalue weighted by molar-refractivity contribution is 8.18. The van der Waals surface area contributed by atoms with Gasteiger partial charge in [0.2, 0.25) is 0 Å². The highest BCUT2D eigenvalue weighted by atomic mass is 32.2. The summed E-state index contributed by atoms with van der Waals surface area (Å²) in [5.41, 5.74) is 0. The van der Waals surface area contributed by atoms with Crippen LogP contribution < -0.4 is 0 Å². The van der Waals surface area contributed by atoms with E-state index in [1.165, 1.54) is 9.79 Å². The van der Waals surface area contributed by atoms with Gasteiger partial charge in [-0.2, -0.15) is 0 Å². The molecule has 0 aliphatic carbocycles. The van der Waals surface area contributed by atoms with Crippen molar-refractivity contribution in [2.45, 2.75) is 50.7 Å². The molecule has 0 heterocycles. The zero-order valence-electron chi connectivity index (χ0n) is 17.4. The second-order valence-electron chi connectivity index (χ2n) is 7.21. The molecular formula is C26H28OS3. The van der Waals surface area contributed by atoms with Gasteiger partial charge in [-0.05, 0) is 48.7 Å². The van der Waals surface area contributed by atoms with Crippen molar-refractivity contribution < 1.29 is 4.79 Å². The molecule has 0 saturated carbocycles. The van der Waals surface area contributed by atoms with Gasteiger partial charge in [0.25, 0.3) is 0 Å². The summed E-state index contributed by atoms with van der Waals surface area (Å²) in [7, 11) is 0. The minimum absolute atomic E-state index is 0.119. The van der Waals surface area contributed by atoms with E-state index < -0.39 is 0 Å². The van der Waals surface area contributed by atoms with Crippen LogP contribution >= 0.6 is 35.3 Å². The second kappa shape index (κ2) is 11.7. The zero-order chi connectivity index (χ0) is 21.2. The first-order valence-corrected chi connectivity index (χ1v) is 12.8. The summed E-state index contributed by atoms with van der Waals surface area (Å²) < 4.78 is -0.148. The van der Waals surface area contributed by atoms with E-state index in [0.717, 1.165) is 24.0 Å². The molecule has 0 saturated heterocycles. The first-order valence-electron chi connectivity index (χ1n) is 10.3. The fraction of sp³-hybridized carbons (Fsp3) is 0.269. The average Bonchev–Trinajstić information content (AvgIpc) is 2.79. The summed E-state index contributed by atoms with van der Waals surface area (Å²) in [4.78, 5) is 15.9. The standard InChI is InChI=1S/C26H28OS3/c1-3-19-26(29-23-15-9-5-10-16-23,30-24-17-11-6-12-18-24)21(2)25(20-27)28-22-13-7-4-8-14-22/h4-18,20-21,25H,3,19H2,1-2H3/t21-,25+/m0/s1. The van der Waals surface area contributed by atoms with E-state index in [2.05, 4.69) is 86.6 Å². The molecule has 0 unspecified atom stereocenters. The van der Waals surface area contributed by atoms with E-state index in [1.807, 2.05) is 41.7 Å². The van der Waals surface area contributed by atoms with Crippen molar-refractivity contribution in [2.75, 3.05) is 0 Å². The molecule has 0 amide bonds. The van der Waals surface area contributed by atoms with Crippen LogP contribution in [0.1, 0.15) is 26.7 Å². The van der Waals surface area contributed by atoms with Gasteiger partial charge < -0.3 is 4.79 Å². The number of thioether (sulfide) groups is 3. The van der Waals surface area contributed by atoms with Crippen LogP contribution in [0.25, 0.3) is 0 Å². The Bertz CT molecular complexity index is 842. The molecule has 0 spiro atoms. The summed E-state index contributed by atoms with van der Waals surface area (Å²) in [5.74, 6) is 0.163. The van der Waals surface area contributed by atoms with Crippen molar-refractivity contribution in [2.24, 2.45) is 5.92 Å². The number of aldehydes is 1. The molecule has 0 aromatic heterocycles. The van der Waals surface area contributed by atoms with Crippen molar-refractivity contribution in [3.05, 3.63) is 91.0 Å². The van der Waals surface area contributed by atoms with Gasteiger partial charge in [0, 0.05) is 14.7 Å². The number of hydrogen-bond acceptors (Lipinski definition) is 4. The molecule has 0 aliphatic rings. The molecule has 0 bridgehead atoms. The fourth-order valence-electron chi connectivity index (χ4n) is 3.42. The van der Waals surface area contributed by atoms with E-state index in [9.17, 15) is 4.79 Å². The molecule has 0 aliphatic heterocycles. The van der Waals surface area contributed by atoms with Crippen LogP contribution in [0.2, 0.25) is 0 Å². The predicted molar refractivity (Wildman–Crippen MR) is 134 cm³/mol.